The van der Waals surface area contributed by atoms with Crippen molar-refractivity contribution in [3.05, 3.63) is 64.4 Å². The molecule has 2 aromatic carbocycles. The van der Waals surface area contributed by atoms with Crippen LogP contribution in [-0.2, 0) is 0 Å². The summed E-state index contributed by atoms with van der Waals surface area (Å²) in [5.41, 5.74) is 2.90. The number of para-hydroxylation sites is 1. The first-order valence-corrected chi connectivity index (χ1v) is 10.2. The number of fused-ring (bicyclic) bond motifs is 1. The number of thiocarbonyl (C=S) groups is 1. The summed E-state index contributed by atoms with van der Waals surface area (Å²) in [5, 5.41) is 19.9. The van der Waals surface area contributed by atoms with Gasteiger partial charge in [-0.1, -0.05) is 41.1 Å². The SMILES string of the molecule is Cc1ccc(C(=O)NC(=S)Nc2ccccc2-c2nn3c(C)nnc3s2)cc1Cl. The molecule has 2 N–H and O–H groups in total. The van der Waals surface area contributed by atoms with E-state index in [1.165, 1.54) is 11.3 Å². The van der Waals surface area contributed by atoms with Crippen molar-refractivity contribution in [1.29, 1.82) is 0 Å². The van der Waals surface area contributed by atoms with Crippen LogP contribution in [0.3, 0.4) is 0 Å². The van der Waals surface area contributed by atoms with Gasteiger partial charge in [0.25, 0.3) is 5.91 Å². The first kappa shape index (κ1) is 19.4. The lowest BCUT2D eigenvalue weighted by molar-refractivity contribution is 0.0977. The predicted octanol–water partition coefficient (Wildman–Crippen LogP) is 4.25. The molecule has 10 heteroatoms. The molecule has 4 rings (SSSR count). The van der Waals surface area contributed by atoms with Crippen molar-refractivity contribution in [3.8, 4) is 10.6 Å². The van der Waals surface area contributed by atoms with Crippen LogP contribution in [0.2, 0.25) is 5.02 Å². The summed E-state index contributed by atoms with van der Waals surface area (Å²) < 4.78 is 1.69. The van der Waals surface area contributed by atoms with E-state index in [4.69, 9.17) is 23.8 Å². The zero-order chi connectivity index (χ0) is 20.5. The molecule has 0 aliphatic heterocycles. The fraction of sp³-hybridized carbons (Fsp3) is 0.105. The summed E-state index contributed by atoms with van der Waals surface area (Å²) in [4.78, 5) is 13.2. The van der Waals surface area contributed by atoms with Gasteiger partial charge in [-0.25, -0.2) is 0 Å². The van der Waals surface area contributed by atoms with E-state index in [1.54, 1.807) is 22.7 Å². The van der Waals surface area contributed by atoms with Gasteiger partial charge in [-0.3, -0.25) is 10.1 Å². The highest BCUT2D eigenvalue weighted by Gasteiger charge is 2.15. The summed E-state index contributed by atoms with van der Waals surface area (Å²) in [5.74, 6) is 0.379. The fourth-order valence-corrected chi connectivity index (χ4v) is 3.97. The summed E-state index contributed by atoms with van der Waals surface area (Å²) in [6.45, 7) is 3.72. The number of aromatic nitrogens is 4. The van der Waals surface area contributed by atoms with E-state index >= 15 is 0 Å². The molecule has 0 saturated carbocycles. The largest absolute Gasteiger partial charge is 0.332 e. The Morgan fingerprint density at radius 1 is 1.17 bits per heavy atom. The van der Waals surface area contributed by atoms with Crippen molar-refractivity contribution in [1.82, 2.24) is 25.1 Å². The number of hydrogen-bond acceptors (Lipinski definition) is 6. The van der Waals surface area contributed by atoms with Crippen LogP contribution in [0.25, 0.3) is 15.5 Å². The molecule has 0 bridgehead atoms. The van der Waals surface area contributed by atoms with Crippen LogP contribution in [0.4, 0.5) is 5.69 Å². The number of carbonyl (C=O) groups excluding carboxylic acids is 1. The lowest BCUT2D eigenvalue weighted by atomic mass is 10.1. The molecule has 0 unspecified atom stereocenters. The van der Waals surface area contributed by atoms with Gasteiger partial charge in [-0.2, -0.15) is 9.61 Å². The van der Waals surface area contributed by atoms with Gasteiger partial charge in [0.2, 0.25) is 4.96 Å². The second kappa shape index (κ2) is 7.86. The summed E-state index contributed by atoms with van der Waals surface area (Å²) >= 11 is 12.8. The first-order valence-electron chi connectivity index (χ1n) is 8.59. The Morgan fingerprint density at radius 2 is 1.97 bits per heavy atom. The van der Waals surface area contributed by atoms with Gasteiger partial charge in [0.1, 0.15) is 5.01 Å². The number of nitrogens with one attached hydrogen (secondary N) is 2. The predicted molar refractivity (Wildman–Crippen MR) is 119 cm³/mol. The molecular formula is C19H15ClN6OS2. The molecule has 0 spiro atoms. The quantitative estimate of drug-likeness (QED) is 0.461. The van der Waals surface area contributed by atoms with Crippen LogP contribution in [0.5, 0.6) is 0 Å². The smallest absolute Gasteiger partial charge is 0.257 e. The number of hydrogen-bond donors (Lipinski definition) is 2. The number of rotatable bonds is 3. The molecule has 2 aromatic heterocycles. The number of anilines is 1. The number of nitrogens with zero attached hydrogens (tertiary/aromatic N) is 4. The van der Waals surface area contributed by atoms with Gasteiger partial charge in [-0.15, -0.1) is 10.2 Å². The zero-order valence-electron chi connectivity index (χ0n) is 15.4. The number of halogens is 1. The average Bonchev–Trinajstić information content (AvgIpc) is 3.26. The van der Waals surface area contributed by atoms with Crippen LogP contribution in [0.15, 0.2) is 42.5 Å². The third-order valence-electron chi connectivity index (χ3n) is 4.21. The van der Waals surface area contributed by atoms with Crippen molar-refractivity contribution < 1.29 is 4.79 Å². The van der Waals surface area contributed by atoms with Crippen LogP contribution in [0.1, 0.15) is 21.7 Å². The van der Waals surface area contributed by atoms with Gasteiger partial charge >= 0.3 is 0 Å². The molecule has 0 radical (unpaired) electrons. The topological polar surface area (TPSA) is 84.2 Å². The summed E-state index contributed by atoms with van der Waals surface area (Å²) in [6.07, 6.45) is 0. The Kier molecular flexibility index (Phi) is 5.27. The van der Waals surface area contributed by atoms with E-state index in [0.29, 0.717) is 21.4 Å². The Hall–Kier alpha value is -2.88. The third-order valence-corrected chi connectivity index (χ3v) is 5.76. The van der Waals surface area contributed by atoms with Crippen molar-refractivity contribution >= 4 is 56.8 Å². The standard InChI is InChI=1S/C19H15ClN6OS2/c1-10-7-8-12(9-14(10)20)16(27)22-18(28)21-15-6-4-3-5-13(15)17-25-26-11(2)23-24-19(26)29-17/h3-9H,1-2H3,(H2,21,22,27,28). The highest BCUT2D eigenvalue weighted by Crippen LogP contribution is 2.31. The van der Waals surface area contributed by atoms with E-state index in [1.807, 2.05) is 38.1 Å². The van der Waals surface area contributed by atoms with Crippen molar-refractivity contribution in [2.45, 2.75) is 13.8 Å². The minimum atomic E-state index is -0.337. The molecule has 2 heterocycles. The van der Waals surface area contributed by atoms with E-state index in [-0.39, 0.29) is 11.0 Å². The molecule has 0 atom stereocenters. The molecule has 0 aliphatic carbocycles. The normalized spacial score (nSPS) is 10.9. The second-order valence-electron chi connectivity index (χ2n) is 6.27. The highest BCUT2D eigenvalue weighted by atomic mass is 35.5. The van der Waals surface area contributed by atoms with Gasteiger partial charge < -0.3 is 5.32 Å². The van der Waals surface area contributed by atoms with Crippen molar-refractivity contribution in [2.24, 2.45) is 0 Å². The second-order valence-corrected chi connectivity index (χ2v) is 8.04. The molecule has 7 nitrogen and oxygen atoms in total. The van der Waals surface area contributed by atoms with E-state index in [2.05, 4.69) is 25.9 Å². The van der Waals surface area contributed by atoms with Crippen LogP contribution < -0.4 is 10.6 Å². The monoisotopic (exact) mass is 442 g/mol. The molecule has 1 amide bonds. The van der Waals surface area contributed by atoms with Gasteiger partial charge in [0.05, 0.1) is 5.69 Å². The first-order chi connectivity index (χ1) is 13.9. The summed E-state index contributed by atoms with van der Waals surface area (Å²) in [7, 11) is 0. The van der Waals surface area contributed by atoms with E-state index < -0.39 is 0 Å². The molecule has 146 valence electrons. The Bertz CT molecular complexity index is 1250. The number of amides is 1. The zero-order valence-corrected chi connectivity index (χ0v) is 17.8. The highest BCUT2D eigenvalue weighted by molar-refractivity contribution is 7.80. The minimum absolute atomic E-state index is 0.179. The van der Waals surface area contributed by atoms with Crippen LogP contribution >= 0.6 is 35.2 Å². The van der Waals surface area contributed by atoms with Crippen molar-refractivity contribution in [3.63, 3.8) is 0 Å². The number of aryl methyl sites for hydroxylation is 2. The van der Waals surface area contributed by atoms with Gasteiger partial charge in [-0.05, 0) is 55.9 Å². The minimum Gasteiger partial charge on any atom is -0.332 e. The Balaban J connectivity index is 1.54. The number of carbonyl (C=O) groups is 1. The van der Waals surface area contributed by atoms with Gasteiger partial charge in [0, 0.05) is 16.1 Å². The Labute approximate surface area is 180 Å². The average molecular weight is 443 g/mol. The maximum atomic E-state index is 12.5. The third kappa shape index (κ3) is 3.98. The molecule has 4 aromatic rings. The lowest BCUT2D eigenvalue weighted by Gasteiger charge is -2.12. The molecular weight excluding hydrogens is 428 g/mol. The lowest BCUT2D eigenvalue weighted by Crippen LogP contribution is -2.34. The number of benzene rings is 2. The molecule has 0 saturated heterocycles. The molecule has 0 fully saturated rings. The summed E-state index contributed by atoms with van der Waals surface area (Å²) in [6, 6.07) is 12.7. The molecule has 0 aliphatic rings. The fourth-order valence-electron chi connectivity index (χ4n) is 2.67. The Morgan fingerprint density at radius 3 is 2.72 bits per heavy atom. The van der Waals surface area contributed by atoms with E-state index in [0.717, 1.165) is 21.8 Å². The van der Waals surface area contributed by atoms with Gasteiger partial charge in [0.15, 0.2) is 10.9 Å². The van der Waals surface area contributed by atoms with Crippen LogP contribution in [0, 0.1) is 13.8 Å². The maximum absolute atomic E-state index is 12.5. The maximum Gasteiger partial charge on any atom is 0.257 e. The van der Waals surface area contributed by atoms with E-state index in [9.17, 15) is 4.79 Å². The molecule has 29 heavy (non-hydrogen) atoms. The van der Waals surface area contributed by atoms with Crippen LogP contribution in [-0.4, -0.2) is 30.8 Å². The van der Waals surface area contributed by atoms with Crippen molar-refractivity contribution in [2.75, 3.05) is 5.32 Å².